The monoisotopic (exact) mass is 339 g/mol. The summed E-state index contributed by atoms with van der Waals surface area (Å²) in [6.45, 7) is 3.35. The molecule has 0 bridgehead atoms. The van der Waals surface area contributed by atoms with Gasteiger partial charge < -0.3 is 5.32 Å². The summed E-state index contributed by atoms with van der Waals surface area (Å²) in [6, 6.07) is 10.9. The lowest BCUT2D eigenvalue weighted by Crippen LogP contribution is -2.41. The molecular weight excluding hydrogens is 314 g/mol. The van der Waals surface area contributed by atoms with Gasteiger partial charge >= 0.3 is 0 Å². The van der Waals surface area contributed by atoms with E-state index in [1.165, 1.54) is 29.5 Å². The van der Waals surface area contributed by atoms with Gasteiger partial charge in [0.25, 0.3) is 5.91 Å². The fourth-order valence-corrected chi connectivity index (χ4v) is 4.38. The summed E-state index contributed by atoms with van der Waals surface area (Å²) in [4.78, 5) is 19.0. The Morgan fingerprint density at radius 2 is 2.00 bits per heavy atom. The van der Waals surface area contributed by atoms with Crippen molar-refractivity contribution in [2.75, 3.05) is 13.1 Å². The summed E-state index contributed by atoms with van der Waals surface area (Å²) in [5.74, 6) is 1.73. The van der Waals surface area contributed by atoms with E-state index in [4.69, 9.17) is 0 Å². The number of hydrogen-bond acceptors (Lipinski definition) is 4. The van der Waals surface area contributed by atoms with Crippen LogP contribution in [0.1, 0.15) is 35.4 Å². The second-order valence-corrected chi connectivity index (χ2v) is 7.39. The van der Waals surface area contributed by atoms with Crippen LogP contribution in [-0.2, 0) is 13.6 Å². The third kappa shape index (κ3) is 3.58. The predicted molar refractivity (Wildman–Crippen MR) is 94.8 cm³/mol. The highest BCUT2D eigenvalue weighted by Gasteiger charge is 2.38. The Balaban J connectivity index is 1.32. The number of carbonyl (C=O) groups excluding carboxylic acids is 1. The van der Waals surface area contributed by atoms with Crippen LogP contribution in [0.25, 0.3) is 0 Å². The molecule has 1 aromatic heterocycles. The zero-order chi connectivity index (χ0) is 17.2. The van der Waals surface area contributed by atoms with Crippen LogP contribution in [-0.4, -0.2) is 44.7 Å². The number of carbonyl (C=O) groups is 1. The third-order valence-electron chi connectivity index (χ3n) is 5.62. The molecule has 2 aromatic rings. The summed E-state index contributed by atoms with van der Waals surface area (Å²) >= 11 is 0. The minimum atomic E-state index is -0.109. The highest BCUT2D eigenvalue weighted by molar-refractivity contribution is 5.90. The molecule has 0 radical (unpaired) electrons. The highest BCUT2D eigenvalue weighted by Crippen LogP contribution is 2.36. The number of hydrogen-bond donors (Lipinski definition) is 1. The topological polar surface area (TPSA) is 63.1 Å². The number of likely N-dealkylation sites (tertiary alicyclic amines) is 1. The molecule has 4 rings (SSSR count). The van der Waals surface area contributed by atoms with Crippen molar-refractivity contribution in [1.29, 1.82) is 0 Å². The fourth-order valence-electron chi connectivity index (χ4n) is 4.38. The van der Waals surface area contributed by atoms with Crippen LogP contribution in [0.3, 0.4) is 0 Å². The van der Waals surface area contributed by atoms with E-state index >= 15 is 0 Å². The van der Waals surface area contributed by atoms with Gasteiger partial charge in [-0.05, 0) is 36.7 Å². The van der Waals surface area contributed by atoms with Crippen LogP contribution >= 0.6 is 0 Å². The molecule has 1 aliphatic carbocycles. The first-order valence-corrected chi connectivity index (χ1v) is 9.10. The quantitative estimate of drug-likeness (QED) is 0.923. The molecule has 1 aromatic carbocycles. The van der Waals surface area contributed by atoms with Crippen molar-refractivity contribution in [3.8, 4) is 0 Å². The lowest BCUT2D eigenvalue weighted by Gasteiger charge is -2.31. The van der Waals surface area contributed by atoms with Gasteiger partial charge in [0.1, 0.15) is 6.33 Å². The molecule has 1 N–H and O–H groups in total. The second kappa shape index (κ2) is 6.96. The molecule has 1 aliphatic heterocycles. The van der Waals surface area contributed by atoms with Crippen LogP contribution in [0.15, 0.2) is 36.7 Å². The van der Waals surface area contributed by atoms with Gasteiger partial charge in [0.05, 0.1) is 0 Å². The molecule has 25 heavy (non-hydrogen) atoms. The van der Waals surface area contributed by atoms with Crippen molar-refractivity contribution >= 4 is 5.91 Å². The number of fused-ring (bicyclic) bond motifs is 1. The Labute approximate surface area is 148 Å². The van der Waals surface area contributed by atoms with Gasteiger partial charge in [-0.15, -0.1) is 0 Å². The van der Waals surface area contributed by atoms with E-state index in [-0.39, 0.29) is 11.9 Å². The molecule has 0 spiro atoms. The zero-order valence-electron chi connectivity index (χ0n) is 14.6. The van der Waals surface area contributed by atoms with Crippen LogP contribution in [0.4, 0.5) is 0 Å². The number of benzene rings is 1. The van der Waals surface area contributed by atoms with Crippen molar-refractivity contribution in [1.82, 2.24) is 25.0 Å². The zero-order valence-corrected chi connectivity index (χ0v) is 14.6. The van der Waals surface area contributed by atoms with Crippen LogP contribution in [0.2, 0.25) is 0 Å². The van der Waals surface area contributed by atoms with Crippen molar-refractivity contribution in [2.24, 2.45) is 18.9 Å². The standard InChI is InChI=1S/C19H25N5O/c1-23-18(20-13-21-23)19(25)22-17-8-7-15-11-24(12-16(15)9-17)10-14-5-3-2-4-6-14/h2-6,13,15-17H,7-12H2,1H3,(H,22,25)/t15-,16+,17?/m1/s1. The molecule has 1 amide bonds. The average Bonchev–Trinajstić information content (AvgIpc) is 3.21. The van der Waals surface area contributed by atoms with E-state index in [1.807, 2.05) is 0 Å². The normalized spacial score (nSPS) is 26.4. The lowest BCUT2D eigenvalue weighted by molar-refractivity contribution is 0.0898. The van der Waals surface area contributed by atoms with Crippen molar-refractivity contribution < 1.29 is 4.79 Å². The Bertz CT molecular complexity index is 728. The third-order valence-corrected chi connectivity index (χ3v) is 5.62. The Morgan fingerprint density at radius 1 is 1.20 bits per heavy atom. The van der Waals surface area contributed by atoms with Crippen molar-refractivity contribution in [2.45, 2.75) is 31.8 Å². The van der Waals surface area contributed by atoms with Gasteiger partial charge in [0.15, 0.2) is 0 Å². The minimum Gasteiger partial charge on any atom is -0.347 e. The van der Waals surface area contributed by atoms with E-state index in [0.29, 0.717) is 11.7 Å². The molecular formula is C19H25N5O. The smallest absolute Gasteiger partial charge is 0.289 e. The SMILES string of the molecule is Cn1ncnc1C(=O)NC1CC[C@@H]2CN(Cc3ccccc3)C[C@@H]2C1. The average molecular weight is 339 g/mol. The molecule has 6 heteroatoms. The van der Waals surface area contributed by atoms with Crippen LogP contribution in [0, 0.1) is 11.8 Å². The van der Waals surface area contributed by atoms with Crippen LogP contribution in [0.5, 0.6) is 0 Å². The molecule has 2 heterocycles. The van der Waals surface area contributed by atoms with E-state index in [0.717, 1.165) is 31.8 Å². The van der Waals surface area contributed by atoms with Crippen molar-refractivity contribution in [3.63, 3.8) is 0 Å². The number of aryl methyl sites for hydroxylation is 1. The fraction of sp³-hybridized carbons (Fsp3) is 0.526. The van der Waals surface area contributed by atoms with Crippen LogP contribution < -0.4 is 5.32 Å². The lowest BCUT2D eigenvalue weighted by atomic mass is 9.79. The summed E-state index contributed by atoms with van der Waals surface area (Å²) in [6.07, 6.45) is 4.74. The largest absolute Gasteiger partial charge is 0.347 e. The van der Waals surface area contributed by atoms with E-state index < -0.39 is 0 Å². The predicted octanol–water partition coefficient (Wildman–Crippen LogP) is 1.85. The summed E-state index contributed by atoms with van der Waals surface area (Å²) in [7, 11) is 1.75. The van der Waals surface area contributed by atoms with Gasteiger partial charge in [0, 0.05) is 32.7 Å². The first kappa shape index (κ1) is 16.3. The molecule has 1 saturated carbocycles. The number of aromatic nitrogens is 3. The minimum absolute atomic E-state index is 0.109. The summed E-state index contributed by atoms with van der Waals surface area (Å²) in [5.41, 5.74) is 1.38. The van der Waals surface area contributed by atoms with E-state index in [2.05, 4.69) is 50.6 Å². The Kier molecular flexibility index (Phi) is 4.53. The maximum Gasteiger partial charge on any atom is 0.289 e. The number of rotatable bonds is 4. The van der Waals surface area contributed by atoms with E-state index in [9.17, 15) is 4.79 Å². The van der Waals surface area contributed by atoms with E-state index in [1.54, 1.807) is 7.05 Å². The highest BCUT2D eigenvalue weighted by atomic mass is 16.2. The van der Waals surface area contributed by atoms with Crippen molar-refractivity contribution in [3.05, 3.63) is 48.0 Å². The number of amides is 1. The van der Waals surface area contributed by atoms with Gasteiger partial charge in [-0.1, -0.05) is 30.3 Å². The molecule has 1 unspecified atom stereocenters. The molecule has 2 aliphatic rings. The first-order chi connectivity index (χ1) is 12.2. The Hall–Kier alpha value is -2.21. The summed E-state index contributed by atoms with van der Waals surface area (Å²) < 4.78 is 1.53. The number of nitrogens with one attached hydrogen (secondary N) is 1. The second-order valence-electron chi connectivity index (χ2n) is 7.39. The first-order valence-electron chi connectivity index (χ1n) is 9.10. The maximum absolute atomic E-state index is 12.3. The molecule has 6 nitrogen and oxygen atoms in total. The number of nitrogens with zero attached hydrogens (tertiary/aromatic N) is 4. The molecule has 3 atom stereocenters. The molecule has 1 saturated heterocycles. The van der Waals surface area contributed by atoms with Gasteiger partial charge in [-0.3, -0.25) is 9.69 Å². The Morgan fingerprint density at radius 3 is 2.76 bits per heavy atom. The maximum atomic E-state index is 12.3. The molecule has 2 fully saturated rings. The molecule has 132 valence electrons. The summed E-state index contributed by atoms with van der Waals surface area (Å²) in [5, 5.41) is 7.13. The van der Waals surface area contributed by atoms with Gasteiger partial charge in [-0.2, -0.15) is 5.10 Å². The van der Waals surface area contributed by atoms with Gasteiger partial charge in [0.2, 0.25) is 5.82 Å². The van der Waals surface area contributed by atoms with Gasteiger partial charge in [-0.25, -0.2) is 9.67 Å².